The van der Waals surface area contributed by atoms with Gasteiger partial charge in [0.25, 0.3) is 5.56 Å². The highest BCUT2D eigenvalue weighted by Crippen LogP contribution is 2.66. The number of nitrogen functional groups attached to an aromatic ring is 1. The minimum Gasteiger partial charge on any atom is -0.368 e. The second-order valence-electron chi connectivity index (χ2n) is 7.21. The molecule has 1 saturated heterocycles. The number of rotatable bonds is 10. The maximum absolute atomic E-state index is 13.0. The number of nitrogens with zero attached hydrogens (tertiary/aromatic N) is 5. The van der Waals surface area contributed by atoms with Crippen LogP contribution in [0.25, 0.3) is 11.0 Å². The summed E-state index contributed by atoms with van der Waals surface area (Å²) in [5, 5.41) is 19.7. The SMILES string of the molecule is CCCc1nn(C(=N)N)c2c(=O)n(C3CCC(COP(=O)(O)OP(=O)(O)OP(=O)(O)O)O3)nnc12. The molecule has 2 aromatic rings. The molecule has 35 heavy (non-hydrogen) atoms. The molecule has 1 fully saturated rings. The van der Waals surface area contributed by atoms with E-state index in [4.69, 9.17) is 25.7 Å². The number of aromatic nitrogens is 5. The molecule has 19 nitrogen and oxygen atoms in total. The summed E-state index contributed by atoms with van der Waals surface area (Å²) in [5.74, 6) is -0.504. The molecule has 0 saturated carbocycles. The number of ether oxygens (including phenoxy) is 1. The summed E-state index contributed by atoms with van der Waals surface area (Å²) in [5.41, 5.74) is 5.39. The van der Waals surface area contributed by atoms with Crippen molar-refractivity contribution in [3.8, 4) is 0 Å². The van der Waals surface area contributed by atoms with Gasteiger partial charge in [-0.3, -0.25) is 14.7 Å². The van der Waals surface area contributed by atoms with Gasteiger partial charge in [0.1, 0.15) is 5.52 Å². The molecule has 4 atom stereocenters. The molecule has 0 aromatic carbocycles. The fourth-order valence-corrected chi connectivity index (χ4v) is 6.28. The van der Waals surface area contributed by atoms with E-state index in [-0.39, 0.29) is 23.9 Å². The minimum atomic E-state index is -5.64. The fourth-order valence-electron chi connectivity index (χ4n) is 3.23. The third kappa shape index (κ3) is 6.87. The van der Waals surface area contributed by atoms with Crippen LogP contribution < -0.4 is 11.3 Å². The van der Waals surface area contributed by atoms with Crippen LogP contribution in [0.15, 0.2) is 4.79 Å². The predicted molar refractivity (Wildman–Crippen MR) is 114 cm³/mol. The zero-order valence-electron chi connectivity index (χ0n) is 17.9. The van der Waals surface area contributed by atoms with E-state index in [9.17, 15) is 28.3 Å². The van der Waals surface area contributed by atoms with Crippen LogP contribution in [0, 0.1) is 5.41 Å². The largest absolute Gasteiger partial charge is 0.490 e. The van der Waals surface area contributed by atoms with Crippen molar-refractivity contribution < 1.29 is 51.2 Å². The topological polar surface area (TPSA) is 285 Å². The highest BCUT2D eigenvalue weighted by molar-refractivity contribution is 7.66. The van der Waals surface area contributed by atoms with Crippen LogP contribution in [-0.4, -0.2) is 63.0 Å². The Bertz CT molecular complexity index is 1320. The molecule has 0 bridgehead atoms. The fraction of sp³-hybridized carbons (Fsp3) is 0.615. The molecule has 22 heteroatoms. The molecule has 196 valence electrons. The minimum absolute atomic E-state index is 0.0729. The van der Waals surface area contributed by atoms with Crippen molar-refractivity contribution in [2.45, 2.75) is 44.9 Å². The molecule has 0 radical (unpaired) electrons. The van der Waals surface area contributed by atoms with Crippen molar-refractivity contribution >= 4 is 40.5 Å². The van der Waals surface area contributed by atoms with Crippen LogP contribution in [0.3, 0.4) is 0 Å². The first kappa shape index (κ1) is 27.7. The van der Waals surface area contributed by atoms with Gasteiger partial charge in [-0.25, -0.2) is 13.7 Å². The van der Waals surface area contributed by atoms with Crippen LogP contribution >= 0.6 is 23.5 Å². The Morgan fingerprint density at radius 2 is 1.89 bits per heavy atom. The van der Waals surface area contributed by atoms with E-state index in [1.807, 2.05) is 6.92 Å². The number of phosphoric ester groups is 1. The second kappa shape index (κ2) is 10.2. The van der Waals surface area contributed by atoms with Crippen molar-refractivity contribution in [3.05, 3.63) is 16.0 Å². The van der Waals surface area contributed by atoms with E-state index >= 15 is 0 Å². The summed E-state index contributed by atoms with van der Waals surface area (Å²) in [4.78, 5) is 48.8. The normalized spacial score (nSPS) is 22.2. The Morgan fingerprint density at radius 3 is 2.49 bits per heavy atom. The van der Waals surface area contributed by atoms with Crippen LogP contribution in [0.1, 0.15) is 38.1 Å². The Labute approximate surface area is 195 Å². The number of hydrogen-bond acceptors (Lipinski definition) is 12. The van der Waals surface area contributed by atoms with E-state index in [0.29, 0.717) is 18.5 Å². The molecule has 2 aromatic heterocycles. The maximum atomic E-state index is 13.0. The summed E-state index contributed by atoms with van der Waals surface area (Å²) in [6.45, 7) is 1.22. The number of nitrogens with two attached hydrogens (primary N) is 1. The monoisotopic (exact) mass is 561 g/mol. The zero-order valence-corrected chi connectivity index (χ0v) is 20.6. The van der Waals surface area contributed by atoms with Crippen LogP contribution in [0.2, 0.25) is 0 Å². The van der Waals surface area contributed by atoms with Gasteiger partial charge >= 0.3 is 23.5 Å². The molecule has 1 aliphatic heterocycles. The second-order valence-corrected chi connectivity index (χ2v) is 11.6. The first-order chi connectivity index (χ1) is 16.1. The summed E-state index contributed by atoms with van der Waals surface area (Å²) >= 11 is 0. The van der Waals surface area contributed by atoms with Gasteiger partial charge in [-0.1, -0.05) is 18.6 Å². The molecule has 3 rings (SSSR count). The highest BCUT2D eigenvalue weighted by Gasteiger charge is 2.41. The lowest BCUT2D eigenvalue weighted by Crippen LogP contribution is -2.32. The van der Waals surface area contributed by atoms with Crippen molar-refractivity contribution in [2.24, 2.45) is 5.73 Å². The third-order valence-corrected chi connectivity index (χ3v) is 8.30. The van der Waals surface area contributed by atoms with E-state index in [0.717, 1.165) is 9.36 Å². The maximum Gasteiger partial charge on any atom is 0.490 e. The first-order valence-corrected chi connectivity index (χ1v) is 14.3. The Hall–Kier alpha value is -1.88. The van der Waals surface area contributed by atoms with Gasteiger partial charge in [0, 0.05) is 0 Å². The molecular weight excluding hydrogens is 539 g/mol. The number of hydrogen-bond donors (Lipinski definition) is 6. The van der Waals surface area contributed by atoms with Crippen molar-refractivity contribution in [1.82, 2.24) is 24.8 Å². The summed E-state index contributed by atoms with van der Waals surface area (Å²) in [6.07, 6.45) is -0.378. The molecule has 7 N–H and O–H groups in total. The molecule has 1 aliphatic rings. The summed E-state index contributed by atoms with van der Waals surface area (Å²) in [6, 6.07) is 0. The molecule has 4 unspecified atom stereocenters. The first-order valence-electron chi connectivity index (χ1n) is 9.78. The van der Waals surface area contributed by atoms with E-state index in [1.165, 1.54) is 0 Å². The molecular formula is C13H22N7O12P3. The lowest BCUT2D eigenvalue weighted by molar-refractivity contribution is -0.0311. The zero-order chi connectivity index (χ0) is 26.2. The molecule has 0 spiro atoms. The van der Waals surface area contributed by atoms with E-state index < -0.39 is 53.9 Å². The van der Waals surface area contributed by atoms with Crippen molar-refractivity contribution in [3.63, 3.8) is 0 Å². The quantitative estimate of drug-likeness (QED) is 0.123. The summed E-state index contributed by atoms with van der Waals surface area (Å²) < 4.78 is 53.1. The van der Waals surface area contributed by atoms with Crippen molar-refractivity contribution in [1.29, 1.82) is 5.41 Å². The van der Waals surface area contributed by atoms with Crippen LogP contribution in [0.5, 0.6) is 0 Å². The Kier molecular flexibility index (Phi) is 8.10. The number of nitrogens with one attached hydrogen (secondary N) is 1. The highest BCUT2D eigenvalue weighted by atomic mass is 31.3. The molecule has 3 heterocycles. The Balaban J connectivity index is 1.72. The smallest absolute Gasteiger partial charge is 0.368 e. The van der Waals surface area contributed by atoms with E-state index in [1.54, 1.807) is 0 Å². The lowest BCUT2D eigenvalue weighted by atomic mass is 10.2. The van der Waals surface area contributed by atoms with E-state index in [2.05, 4.69) is 28.6 Å². The van der Waals surface area contributed by atoms with Gasteiger partial charge in [-0.05, 0) is 19.3 Å². The van der Waals surface area contributed by atoms with Gasteiger partial charge in [0.05, 0.1) is 18.4 Å². The number of aryl methyl sites for hydroxylation is 1. The van der Waals surface area contributed by atoms with Gasteiger partial charge in [0.2, 0.25) is 5.96 Å². The third-order valence-electron chi connectivity index (χ3n) is 4.49. The van der Waals surface area contributed by atoms with Gasteiger partial charge in [-0.15, -0.1) is 5.10 Å². The van der Waals surface area contributed by atoms with Crippen molar-refractivity contribution in [2.75, 3.05) is 6.61 Å². The molecule has 0 aliphatic carbocycles. The standard InChI is InChI=1S/C13H22N7O12P3/c1-2-3-8-10-11(20(17-8)13(14)15)12(21)19(18-16-10)9-5-4-7(30-9)6-29-34(25,26)32-35(27,28)31-33(22,23)24/h7,9H,2-6H2,1H3,(H3,14,15)(H,25,26)(H,27,28)(H2,22,23,24). The number of fused-ring (bicyclic) bond motifs is 1. The van der Waals surface area contributed by atoms with Gasteiger partial charge < -0.3 is 30.0 Å². The average Bonchev–Trinajstić information content (AvgIpc) is 3.30. The predicted octanol–water partition coefficient (Wildman–Crippen LogP) is -0.297. The number of phosphoric acid groups is 3. The average molecular weight is 561 g/mol. The van der Waals surface area contributed by atoms with Gasteiger partial charge in [-0.2, -0.15) is 23.1 Å². The van der Waals surface area contributed by atoms with Gasteiger partial charge in [0.15, 0.2) is 11.7 Å². The van der Waals surface area contributed by atoms with Crippen LogP contribution in [0.4, 0.5) is 0 Å². The van der Waals surface area contributed by atoms with Crippen LogP contribution in [-0.2, 0) is 38.0 Å². The summed E-state index contributed by atoms with van der Waals surface area (Å²) in [7, 11) is -16.5. The Morgan fingerprint density at radius 1 is 1.20 bits per heavy atom. The lowest BCUT2D eigenvalue weighted by Gasteiger charge is -2.18. The molecule has 0 amide bonds.